The minimum absolute atomic E-state index is 0.134. The topological polar surface area (TPSA) is 81.7 Å². The summed E-state index contributed by atoms with van der Waals surface area (Å²) in [6, 6.07) is 11.7. The van der Waals surface area contributed by atoms with Crippen LogP contribution in [-0.2, 0) is 6.54 Å². The van der Waals surface area contributed by atoms with Crippen LogP contribution >= 0.6 is 0 Å². The van der Waals surface area contributed by atoms with E-state index >= 15 is 0 Å². The van der Waals surface area contributed by atoms with Gasteiger partial charge in [0.2, 0.25) is 0 Å². The predicted octanol–water partition coefficient (Wildman–Crippen LogP) is 4.18. The Morgan fingerprint density at radius 3 is 2.50 bits per heavy atom. The maximum absolute atomic E-state index is 12.3. The van der Waals surface area contributed by atoms with Crippen molar-refractivity contribution in [1.82, 2.24) is 29.5 Å². The third-order valence-corrected chi connectivity index (χ3v) is 6.36. The predicted molar refractivity (Wildman–Crippen MR) is 133 cm³/mol. The van der Waals surface area contributed by atoms with Crippen molar-refractivity contribution < 1.29 is 0 Å². The summed E-state index contributed by atoms with van der Waals surface area (Å²) in [4.78, 5) is 23.4. The smallest absolute Gasteiger partial charge is 0.267 e. The van der Waals surface area contributed by atoms with Gasteiger partial charge in [-0.05, 0) is 30.5 Å². The van der Waals surface area contributed by atoms with Crippen LogP contribution < -0.4 is 10.5 Å². The van der Waals surface area contributed by atoms with Crippen molar-refractivity contribution in [3.8, 4) is 22.5 Å². The first-order chi connectivity index (χ1) is 16.6. The molecule has 0 unspecified atom stereocenters. The maximum atomic E-state index is 12.3. The van der Waals surface area contributed by atoms with Gasteiger partial charge in [-0.2, -0.15) is 10.2 Å². The van der Waals surface area contributed by atoms with Crippen LogP contribution in [0.2, 0.25) is 0 Å². The number of nitrogens with zero attached hydrogens (tertiary/aromatic N) is 7. The van der Waals surface area contributed by atoms with Crippen LogP contribution in [0.15, 0.2) is 66.0 Å². The fraction of sp³-hybridized carbons (Fsp3) is 0.346. The SMILES string of the molecule is CN(C)c1ccc(=O)n(Cc2cccc(-c3ncc(-c4cnn(C5CCCCC5)c4)cn3)c2)n1. The Hall–Kier alpha value is -3.81. The number of rotatable bonds is 6. The van der Waals surface area contributed by atoms with E-state index in [9.17, 15) is 4.79 Å². The van der Waals surface area contributed by atoms with Gasteiger partial charge in [-0.25, -0.2) is 14.6 Å². The first kappa shape index (κ1) is 22.0. The van der Waals surface area contributed by atoms with Crippen LogP contribution in [0.4, 0.5) is 5.82 Å². The summed E-state index contributed by atoms with van der Waals surface area (Å²) in [6.07, 6.45) is 14.0. The summed E-state index contributed by atoms with van der Waals surface area (Å²) >= 11 is 0. The minimum atomic E-state index is -0.134. The lowest BCUT2D eigenvalue weighted by molar-refractivity contribution is 0.329. The second-order valence-corrected chi connectivity index (χ2v) is 9.08. The first-order valence-corrected chi connectivity index (χ1v) is 11.8. The number of hydrogen-bond donors (Lipinski definition) is 0. The third-order valence-electron chi connectivity index (χ3n) is 6.36. The summed E-state index contributed by atoms with van der Waals surface area (Å²) in [7, 11) is 3.81. The lowest BCUT2D eigenvalue weighted by atomic mass is 9.96. The molecule has 0 atom stereocenters. The summed E-state index contributed by atoms with van der Waals surface area (Å²) < 4.78 is 3.58. The van der Waals surface area contributed by atoms with Crippen LogP contribution in [0.5, 0.6) is 0 Å². The molecule has 174 valence electrons. The molecule has 1 aliphatic rings. The zero-order valence-corrected chi connectivity index (χ0v) is 19.6. The van der Waals surface area contributed by atoms with Crippen molar-refractivity contribution >= 4 is 5.82 Å². The zero-order valence-electron chi connectivity index (χ0n) is 19.6. The molecule has 3 aromatic heterocycles. The molecule has 1 saturated carbocycles. The van der Waals surface area contributed by atoms with Gasteiger partial charge in [-0.15, -0.1) is 0 Å². The highest BCUT2D eigenvalue weighted by atomic mass is 16.1. The summed E-state index contributed by atoms with van der Waals surface area (Å²) in [5.74, 6) is 1.38. The molecule has 1 aliphatic carbocycles. The van der Waals surface area contributed by atoms with Gasteiger partial charge in [0.05, 0.1) is 18.8 Å². The Morgan fingerprint density at radius 2 is 1.74 bits per heavy atom. The van der Waals surface area contributed by atoms with Crippen molar-refractivity contribution in [3.63, 3.8) is 0 Å². The van der Waals surface area contributed by atoms with Gasteiger partial charge in [-0.1, -0.05) is 37.5 Å². The Labute approximate surface area is 198 Å². The molecule has 1 aromatic carbocycles. The van der Waals surface area contributed by atoms with E-state index < -0.39 is 0 Å². The molecule has 34 heavy (non-hydrogen) atoms. The fourth-order valence-corrected chi connectivity index (χ4v) is 4.43. The number of aromatic nitrogens is 6. The number of hydrogen-bond acceptors (Lipinski definition) is 6. The molecular formula is C26H29N7O. The van der Waals surface area contributed by atoms with Crippen LogP contribution in [0.3, 0.4) is 0 Å². The van der Waals surface area contributed by atoms with Crippen molar-refractivity contribution in [2.24, 2.45) is 0 Å². The molecule has 8 nitrogen and oxygen atoms in total. The molecular weight excluding hydrogens is 426 g/mol. The van der Waals surface area contributed by atoms with Crippen molar-refractivity contribution in [3.05, 3.63) is 77.1 Å². The molecule has 0 bridgehead atoms. The molecule has 0 saturated heterocycles. The minimum Gasteiger partial charge on any atom is -0.361 e. The number of benzene rings is 1. The van der Waals surface area contributed by atoms with E-state index in [0.29, 0.717) is 18.4 Å². The van der Waals surface area contributed by atoms with Crippen molar-refractivity contribution in [1.29, 1.82) is 0 Å². The summed E-state index contributed by atoms with van der Waals surface area (Å²) in [5, 5.41) is 9.04. The molecule has 0 radical (unpaired) electrons. The number of anilines is 1. The van der Waals surface area contributed by atoms with E-state index in [0.717, 1.165) is 28.1 Å². The average molecular weight is 456 g/mol. The van der Waals surface area contributed by atoms with Gasteiger partial charge in [0.15, 0.2) is 5.82 Å². The Morgan fingerprint density at radius 1 is 0.941 bits per heavy atom. The Balaban J connectivity index is 1.34. The average Bonchev–Trinajstić information content (AvgIpc) is 3.37. The summed E-state index contributed by atoms with van der Waals surface area (Å²) in [5.41, 5.74) is 3.73. The normalized spacial score (nSPS) is 14.3. The molecule has 1 fully saturated rings. The second kappa shape index (κ2) is 9.59. The zero-order chi connectivity index (χ0) is 23.5. The third kappa shape index (κ3) is 4.76. The lowest BCUT2D eigenvalue weighted by Gasteiger charge is -2.21. The Kier molecular flexibility index (Phi) is 6.20. The van der Waals surface area contributed by atoms with E-state index in [1.807, 2.05) is 61.9 Å². The van der Waals surface area contributed by atoms with Gasteiger partial charge < -0.3 is 4.90 Å². The van der Waals surface area contributed by atoms with Gasteiger partial charge in [-0.3, -0.25) is 9.48 Å². The van der Waals surface area contributed by atoms with Crippen LogP contribution in [0.25, 0.3) is 22.5 Å². The highest BCUT2D eigenvalue weighted by Crippen LogP contribution is 2.29. The largest absolute Gasteiger partial charge is 0.361 e. The highest BCUT2D eigenvalue weighted by Gasteiger charge is 2.16. The van der Waals surface area contributed by atoms with Gasteiger partial charge in [0.25, 0.3) is 5.56 Å². The fourth-order valence-electron chi connectivity index (χ4n) is 4.43. The molecule has 8 heteroatoms. The van der Waals surface area contributed by atoms with Crippen molar-refractivity contribution in [2.75, 3.05) is 19.0 Å². The van der Waals surface area contributed by atoms with E-state index in [1.54, 1.807) is 12.1 Å². The van der Waals surface area contributed by atoms with E-state index in [1.165, 1.54) is 36.8 Å². The van der Waals surface area contributed by atoms with E-state index in [4.69, 9.17) is 0 Å². The molecule has 0 N–H and O–H groups in total. The molecule has 0 amide bonds. The van der Waals surface area contributed by atoms with Crippen molar-refractivity contribution in [2.45, 2.75) is 44.7 Å². The molecule has 0 spiro atoms. The van der Waals surface area contributed by atoms with Crippen LogP contribution in [0.1, 0.15) is 43.7 Å². The lowest BCUT2D eigenvalue weighted by Crippen LogP contribution is -2.25. The monoisotopic (exact) mass is 455 g/mol. The quantitative estimate of drug-likeness (QED) is 0.434. The first-order valence-electron chi connectivity index (χ1n) is 11.8. The van der Waals surface area contributed by atoms with Gasteiger partial charge in [0, 0.05) is 55.4 Å². The molecule has 0 aliphatic heterocycles. The molecule has 4 aromatic rings. The molecule has 5 rings (SSSR count). The summed E-state index contributed by atoms with van der Waals surface area (Å²) in [6.45, 7) is 0.382. The van der Waals surface area contributed by atoms with E-state index in [2.05, 4.69) is 31.0 Å². The second-order valence-electron chi connectivity index (χ2n) is 9.08. The van der Waals surface area contributed by atoms with E-state index in [-0.39, 0.29) is 5.56 Å². The van der Waals surface area contributed by atoms with Crippen LogP contribution in [-0.4, -0.2) is 43.6 Å². The van der Waals surface area contributed by atoms with Gasteiger partial charge in [0.1, 0.15) is 5.82 Å². The van der Waals surface area contributed by atoms with Gasteiger partial charge >= 0.3 is 0 Å². The molecule has 3 heterocycles. The maximum Gasteiger partial charge on any atom is 0.267 e. The van der Waals surface area contributed by atoms with Crippen LogP contribution in [0, 0.1) is 0 Å². The highest BCUT2D eigenvalue weighted by molar-refractivity contribution is 5.62. The standard InChI is InChI=1S/C26H29N7O/c1-31(2)24-11-12-25(34)33(30-24)17-19-7-6-8-20(13-19)26-27-14-21(15-28-26)22-16-29-32(18-22)23-9-4-3-5-10-23/h6-8,11-16,18,23H,3-5,9-10,17H2,1-2H3. The Bertz CT molecular complexity index is 1320.